The van der Waals surface area contributed by atoms with E-state index in [1.807, 2.05) is 0 Å². The largest absolute Gasteiger partial charge is 0.394 e. The fourth-order valence-corrected chi connectivity index (χ4v) is 3.71. The van der Waals surface area contributed by atoms with E-state index in [2.05, 4.69) is 41.1 Å². The van der Waals surface area contributed by atoms with Crippen LogP contribution in [0.2, 0.25) is 24.8 Å². The minimum absolute atomic E-state index is 0.255. The zero-order chi connectivity index (χ0) is 19.3. The van der Waals surface area contributed by atoms with Crippen molar-refractivity contribution in [3.8, 4) is 11.5 Å². The molecule has 0 aromatic carbocycles. The molecule has 0 spiro atoms. The molecule has 3 heterocycles. The van der Waals surface area contributed by atoms with Crippen molar-refractivity contribution in [2.45, 2.75) is 50.6 Å². The molecule has 0 aliphatic carbocycles. The summed E-state index contributed by atoms with van der Waals surface area (Å²) in [6.45, 7) is 7.43. The van der Waals surface area contributed by atoms with Gasteiger partial charge in [-0.05, 0) is 6.92 Å². The molecule has 0 bridgehead atoms. The summed E-state index contributed by atoms with van der Waals surface area (Å²) in [5.41, 5.74) is 2.73. The van der Waals surface area contributed by atoms with E-state index in [1.54, 1.807) is 10.8 Å². The summed E-state index contributed by atoms with van der Waals surface area (Å²) in [5.74, 6) is 3.15. The Bertz CT molecular complexity index is 897. The minimum Gasteiger partial charge on any atom is -0.394 e. The lowest BCUT2D eigenvalue weighted by Crippen LogP contribution is -2.44. The Hall–Kier alpha value is -1.47. The summed E-state index contributed by atoms with van der Waals surface area (Å²) < 4.78 is 7.29. The Morgan fingerprint density at radius 2 is 2.08 bits per heavy atom. The first-order chi connectivity index (χ1) is 12.1. The van der Waals surface area contributed by atoms with Gasteiger partial charge in [0.15, 0.2) is 6.23 Å². The van der Waals surface area contributed by atoms with Gasteiger partial charge in [0.1, 0.15) is 43.0 Å². The number of hydrogen-bond donors (Lipinski definition) is 3. The van der Waals surface area contributed by atoms with Crippen LogP contribution < -0.4 is 0 Å². The molecule has 7 nitrogen and oxygen atoms in total. The smallest absolute Gasteiger partial charge is 0.167 e. The molecule has 1 saturated heterocycles. The number of fused-ring (bicyclic) bond motifs is 1. The lowest BCUT2D eigenvalue weighted by atomic mass is 9.96. The summed E-state index contributed by atoms with van der Waals surface area (Å²) in [6.07, 6.45) is -0.0830. The zero-order valence-electron chi connectivity index (χ0n) is 15.1. The second-order valence-corrected chi connectivity index (χ2v) is 12.8. The van der Waals surface area contributed by atoms with E-state index in [1.165, 1.54) is 13.3 Å². The number of halogens is 1. The van der Waals surface area contributed by atoms with Crippen molar-refractivity contribution in [2.24, 2.45) is 0 Å². The summed E-state index contributed by atoms with van der Waals surface area (Å²) in [4.78, 5) is 8.30. The Kier molecular flexibility index (Phi) is 4.90. The monoisotopic (exact) mass is 395 g/mol. The highest BCUT2D eigenvalue weighted by Gasteiger charge is 2.53. The molecule has 2 aromatic rings. The molecule has 4 unspecified atom stereocenters. The van der Waals surface area contributed by atoms with Crippen LogP contribution in [0.1, 0.15) is 18.7 Å². The Morgan fingerprint density at radius 3 is 2.65 bits per heavy atom. The number of aliphatic hydroxyl groups excluding tert-OH is 2. The molecule has 0 radical (unpaired) electrons. The number of aromatic nitrogens is 3. The predicted octanol–water partition coefficient (Wildman–Crippen LogP) is 1.32. The second-order valence-electron chi connectivity index (χ2n) is 7.69. The van der Waals surface area contributed by atoms with Crippen molar-refractivity contribution in [3.63, 3.8) is 0 Å². The number of aliphatic hydroxyl groups is 3. The molecular weight excluding hydrogens is 374 g/mol. The Labute approximate surface area is 157 Å². The van der Waals surface area contributed by atoms with Crippen LogP contribution in [0.25, 0.3) is 11.0 Å². The van der Waals surface area contributed by atoms with Gasteiger partial charge in [-0.3, -0.25) is 0 Å². The SMILES string of the molecule is CC1(O)C(O)C(CO)OC1n1cc(C#C[Si](C)(C)C)c2c(Cl)ncnc21. The maximum Gasteiger partial charge on any atom is 0.167 e. The van der Waals surface area contributed by atoms with E-state index >= 15 is 0 Å². The van der Waals surface area contributed by atoms with E-state index in [9.17, 15) is 15.3 Å². The Morgan fingerprint density at radius 1 is 1.38 bits per heavy atom. The van der Waals surface area contributed by atoms with Gasteiger partial charge in [-0.2, -0.15) is 0 Å². The van der Waals surface area contributed by atoms with Crippen LogP contribution >= 0.6 is 11.6 Å². The van der Waals surface area contributed by atoms with Crippen molar-refractivity contribution in [1.82, 2.24) is 14.5 Å². The van der Waals surface area contributed by atoms with Gasteiger partial charge in [-0.1, -0.05) is 37.2 Å². The molecule has 26 heavy (non-hydrogen) atoms. The van der Waals surface area contributed by atoms with Gasteiger partial charge < -0.3 is 24.6 Å². The topological polar surface area (TPSA) is 101 Å². The molecule has 4 atom stereocenters. The summed E-state index contributed by atoms with van der Waals surface area (Å²) in [7, 11) is -1.63. The third kappa shape index (κ3) is 3.27. The second kappa shape index (κ2) is 6.60. The van der Waals surface area contributed by atoms with Crippen molar-refractivity contribution in [2.75, 3.05) is 6.61 Å². The van der Waals surface area contributed by atoms with Crippen molar-refractivity contribution < 1.29 is 20.1 Å². The van der Waals surface area contributed by atoms with Crippen LogP contribution in [0.4, 0.5) is 0 Å². The van der Waals surface area contributed by atoms with Gasteiger partial charge in [-0.15, -0.1) is 5.54 Å². The fraction of sp³-hybridized carbons (Fsp3) is 0.529. The molecule has 3 N–H and O–H groups in total. The van der Waals surface area contributed by atoms with Crippen LogP contribution in [-0.4, -0.2) is 62.3 Å². The summed E-state index contributed by atoms with van der Waals surface area (Å²) in [6, 6.07) is 0. The maximum atomic E-state index is 10.8. The minimum atomic E-state index is -1.63. The molecule has 140 valence electrons. The quantitative estimate of drug-likeness (QED) is 0.403. The van der Waals surface area contributed by atoms with Crippen LogP contribution in [0.5, 0.6) is 0 Å². The third-order valence-corrected chi connectivity index (χ3v) is 5.48. The van der Waals surface area contributed by atoms with Crippen LogP contribution in [0, 0.1) is 11.5 Å². The van der Waals surface area contributed by atoms with E-state index < -0.39 is 38.7 Å². The molecule has 0 amide bonds. The summed E-state index contributed by atoms with van der Waals surface area (Å²) >= 11 is 6.27. The normalized spacial score (nSPS) is 29.0. The Balaban J connectivity index is 2.19. The van der Waals surface area contributed by atoms with Gasteiger partial charge in [0.05, 0.1) is 17.6 Å². The number of hydrogen-bond acceptors (Lipinski definition) is 6. The molecule has 9 heteroatoms. The molecule has 1 aliphatic rings. The van der Waals surface area contributed by atoms with E-state index in [4.69, 9.17) is 16.3 Å². The highest BCUT2D eigenvalue weighted by atomic mass is 35.5. The van der Waals surface area contributed by atoms with Gasteiger partial charge in [0.25, 0.3) is 0 Å². The van der Waals surface area contributed by atoms with Gasteiger partial charge in [-0.25, -0.2) is 9.97 Å². The standard InChI is InChI=1S/C17H22ClN3O4Si/c1-17(24)13(23)11(8-22)25-16(17)21-7-10(5-6-26(2,3)4)12-14(18)19-9-20-15(12)21/h7,9,11,13,16,22-24H,8H2,1-4H3. The maximum absolute atomic E-state index is 10.8. The molecule has 1 fully saturated rings. The van der Waals surface area contributed by atoms with Crippen molar-refractivity contribution in [3.05, 3.63) is 23.2 Å². The van der Waals surface area contributed by atoms with Gasteiger partial charge in [0.2, 0.25) is 0 Å². The number of nitrogens with zero attached hydrogens (tertiary/aromatic N) is 3. The van der Waals surface area contributed by atoms with Gasteiger partial charge >= 0.3 is 0 Å². The van der Waals surface area contributed by atoms with Gasteiger partial charge in [0, 0.05) is 6.20 Å². The highest BCUT2D eigenvalue weighted by molar-refractivity contribution is 6.83. The highest BCUT2D eigenvalue weighted by Crippen LogP contribution is 2.40. The number of ether oxygens (including phenoxy) is 1. The molecular formula is C17H22ClN3O4Si. The first-order valence-corrected chi connectivity index (χ1v) is 12.1. The lowest BCUT2D eigenvalue weighted by Gasteiger charge is -2.27. The third-order valence-electron chi connectivity index (χ3n) is 4.32. The average Bonchev–Trinajstić information content (AvgIpc) is 3.02. The van der Waals surface area contributed by atoms with E-state index in [0.29, 0.717) is 16.6 Å². The first kappa shape index (κ1) is 19.3. The van der Waals surface area contributed by atoms with Crippen molar-refractivity contribution >= 4 is 30.7 Å². The first-order valence-electron chi connectivity index (χ1n) is 8.27. The predicted molar refractivity (Wildman–Crippen MR) is 100 cm³/mol. The average molecular weight is 396 g/mol. The molecule has 0 saturated carbocycles. The fourth-order valence-electron chi connectivity index (χ4n) is 2.97. The molecule has 1 aliphatic heterocycles. The number of rotatable bonds is 2. The molecule has 2 aromatic heterocycles. The molecule has 3 rings (SSSR count). The van der Waals surface area contributed by atoms with E-state index in [-0.39, 0.29) is 5.15 Å². The van der Waals surface area contributed by atoms with E-state index in [0.717, 1.165) is 0 Å². The summed E-state index contributed by atoms with van der Waals surface area (Å²) in [5, 5.41) is 31.3. The zero-order valence-corrected chi connectivity index (χ0v) is 16.8. The van der Waals surface area contributed by atoms with Crippen molar-refractivity contribution in [1.29, 1.82) is 0 Å². The van der Waals surface area contributed by atoms with Crippen LogP contribution in [0.3, 0.4) is 0 Å². The van der Waals surface area contributed by atoms with Crippen LogP contribution in [-0.2, 0) is 4.74 Å². The lowest BCUT2D eigenvalue weighted by molar-refractivity contribution is -0.0948. The van der Waals surface area contributed by atoms with Crippen LogP contribution in [0.15, 0.2) is 12.5 Å².